The van der Waals surface area contributed by atoms with Gasteiger partial charge < -0.3 is 20.3 Å². The molecule has 0 atom stereocenters. The molecule has 112 valence electrons. The summed E-state index contributed by atoms with van der Waals surface area (Å²) in [4.78, 5) is 13.8. The van der Waals surface area contributed by atoms with E-state index in [1.54, 1.807) is 12.1 Å². The quantitative estimate of drug-likeness (QED) is 0.676. The largest absolute Gasteiger partial charge is 0.412 e. The average molecular weight is 279 g/mol. The molecule has 0 aliphatic carbocycles. The molecule has 0 aliphatic rings. The minimum Gasteiger partial charge on any atom is -0.410 e. The van der Waals surface area contributed by atoms with Gasteiger partial charge in [-0.1, -0.05) is 25.1 Å². The van der Waals surface area contributed by atoms with Gasteiger partial charge in [0.25, 0.3) is 0 Å². The molecule has 5 nitrogen and oxygen atoms in total. The van der Waals surface area contributed by atoms with Crippen molar-refractivity contribution in [3.8, 4) is 5.75 Å². The molecule has 0 saturated heterocycles. The van der Waals surface area contributed by atoms with E-state index in [4.69, 9.17) is 4.74 Å². The molecule has 2 N–H and O–H groups in total. The highest BCUT2D eigenvalue weighted by Gasteiger charge is 2.02. The van der Waals surface area contributed by atoms with E-state index in [0.29, 0.717) is 12.3 Å². The van der Waals surface area contributed by atoms with Crippen LogP contribution in [-0.2, 0) is 0 Å². The van der Waals surface area contributed by atoms with Crippen LogP contribution in [0.3, 0.4) is 0 Å². The van der Waals surface area contributed by atoms with Crippen molar-refractivity contribution in [1.82, 2.24) is 15.5 Å². The van der Waals surface area contributed by atoms with Crippen LogP contribution < -0.4 is 15.4 Å². The second-order valence-corrected chi connectivity index (χ2v) is 4.68. The molecule has 5 heteroatoms. The molecule has 0 aromatic heterocycles. The summed E-state index contributed by atoms with van der Waals surface area (Å²) in [6, 6.07) is 9.04. The lowest BCUT2D eigenvalue weighted by Gasteiger charge is -2.15. The van der Waals surface area contributed by atoms with Crippen molar-refractivity contribution >= 4 is 6.09 Å². The average Bonchev–Trinajstić information content (AvgIpc) is 2.44. The third-order valence-electron chi connectivity index (χ3n) is 2.80. The van der Waals surface area contributed by atoms with Crippen LogP contribution in [0.1, 0.15) is 13.3 Å². The van der Waals surface area contributed by atoms with Gasteiger partial charge in [0, 0.05) is 26.2 Å². The summed E-state index contributed by atoms with van der Waals surface area (Å²) >= 11 is 0. The van der Waals surface area contributed by atoms with Crippen molar-refractivity contribution in [2.45, 2.75) is 13.3 Å². The number of amides is 1. The third kappa shape index (κ3) is 7.76. The number of benzene rings is 1. The lowest BCUT2D eigenvalue weighted by atomic mass is 10.3. The van der Waals surface area contributed by atoms with Crippen molar-refractivity contribution in [2.24, 2.45) is 0 Å². The van der Waals surface area contributed by atoms with Gasteiger partial charge >= 0.3 is 6.09 Å². The number of carbonyl (C=O) groups excluding carboxylic acids is 1. The molecule has 0 heterocycles. The first-order valence-electron chi connectivity index (χ1n) is 7.12. The molecule has 0 bridgehead atoms. The first-order chi connectivity index (χ1) is 9.72. The molecule has 0 unspecified atom stereocenters. The van der Waals surface area contributed by atoms with Gasteiger partial charge in [0.05, 0.1) is 0 Å². The number of rotatable bonds is 9. The zero-order valence-corrected chi connectivity index (χ0v) is 12.4. The number of likely N-dealkylation sites (N-methyl/N-ethyl adjacent to an activating group) is 1. The van der Waals surface area contributed by atoms with E-state index >= 15 is 0 Å². The van der Waals surface area contributed by atoms with Crippen molar-refractivity contribution in [3.05, 3.63) is 30.3 Å². The van der Waals surface area contributed by atoms with Crippen LogP contribution in [0.25, 0.3) is 0 Å². The molecule has 0 aliphatic heterocycles. The van der Waals surface area contributed by atoms with Gasteiger partial charge in [0.2, 0.25) is 0 Å². The van der Waals surface area contributed by atoms with E-state index in [9.17, 15) is 4.79 Å². The van der Waals surface area contributed by atoms with E-state index in [1.807, 2.05) is 18.2 Å². The molecule has 1 aromatic rings. The van der Waals surface area contributed by atoms with Crippen LogP contribution in [0.5, 0.6) is 5.75 Å². The number of carbonyl (C=O) groups is 1. The van der Waals surface area contributed by atoms with Crippen molar-refractivity contribution in [2.75, 3.05) is 39.8 Å². The standard InChI is InChI=1S/C15H25N3O2/c1-3-12-18(2)13-11-16-9-10-17-15(19)20-14-7-5-4-6-8-14/h4-8,16H,3,9-13H2,1-2H3,(H,17,19). The maximum absolute atomic E-state index is 11.5. The Kier molecular flexibility index (Phi) is 8.42. The highest BCUT2D eigenvalue weighted by Crippen LogP contribution is 2.07. The predicted molar refractivity (Wildman–Crippen MR) is 81.1 cm³/mol. The maximum Gasteiger partial charge on any atom is 0.412 e. The highest BCUT2D eigenvalue weighted by atomic mass is 16.5. The molecular weight excluding hydrogens is 254 g/mol. The number of hydrogen-bond donors (Lipinski definition) is 2. The Balaban J connectivity index is 2.00. The summed E-state index contributed by atoms with van der Waals surface area (Å²) in [7, 11) is 2.11. The zero-order valence-electron chi connectivity index (χ0n) is 12.4. The fourth-order valence-electron chi connectivity index (χ4n) is 1.77. The Morgan fingerprint density at radius 1 is 1.15 bits per heavy atom. The van der Waals surface area contributed by atoms with Crippen LogP contribution in [0.2, 0.25) is 0 Å². The SMILES string of the molecule is CCCN(C)CCNCCNC(=O)Oc1ccccc1. The van der Waals surface area contributed by atoms with Crippen LogP contribution in [0, 0.1) is 0 Å². The Morgan fingerprint density at radius 2 is 1.90 bits per heavy atom. The van der Waals surface area contributed by atoms with Crippen LogP contribution >= 0.6 is 0 Å². The molecule has 1 rings (SSSR count). The number of nitrogens with one attached hydrogen (secondary N) is 2. The van der Waals surface area contributed by atoms with Gasteiger partial charge in [-0.25, -0.2) is 4.79 Å². The van der Waals surface area contributed by atoms with Gasteiger partial charge in [0.15, 0.2) is 0 Å². The monoisotopic (exact) mass is 279 g/mol. The van der Waals surface area contributed by atoms with E-state index in [0.717, 1.165) is 26.2 Å². The Labute approximate surface area is 121 Å². The Hall–Kier alpha value is -1.59. The van der Waals surface area contributed by atoms with Crippen LogP contribution in [0.15, 0.2) is 30.3 Å². The van der Waals surface area contributed by atoms with Gasteiger partial charge in [-0.15, -0.1) is 0 Å². The number of ether oxygens (including phenoxy) is 1. The van der Waals surface area contributed by atoms with Crippen LogP contribution in [0.4, 0.5) is 4.79 Å². The topological polar surface area (TPSA) is 53.6 Å². The number of nitrogens with zero attached hydrogens (tertiary/aromatic N) is 1. The molecule has 1 aromatic carbocycles. The van der Waals surface area contributed by atoms with E-state index < -0.39 is 6.09 Å². The minimum absolute atomic E-state index is 0.416. The van der Waals surface area contributed by atoms with Gasteiger partial charge in [-0.3, -0.25) is 0 Å². The summed E-state index contributed by atoms with van der Waals surface area (Å²) in [5.74, 6) is 0.555. The highest BCUT2D eigenvalue weighted by molar-refractivity contribution is 5.70. The lowest BCUT2D eigenvalue weighted by molar-refractivity contribution is 0.200. The third-order valence-corrected chi connectivity index (χ3v) is 2.80. The van der Waals surface area contributed by atoms with Gasteiger partial charge in [-0.2, -0.15) is 0 Å². The van der Waals surface area contributed by atoms with E-state index in [1.165, 1.54) is 6.42 Å². The smallest absolute Gasteiger partial charge is 0.410 e. The van der Waals surface area contributed by atoms with Crippen molar-refractivity contribution in [1.29, 1.82) is 0 Å². The number of para-hydroxylation sites is 1. The normalized spacial score (nSPS) is 10.6. The van der Waals surface area contributed by atoms with E-state index in [-0.39, 0.29) is 0 Å². The lowest BCUT2D eigenvalue weighted by Crippen LogP contribution is -2.36. The Bertz CT molecular complexity index is 371. The maximum atomic E-state index is 11.5. The summed E-state index contributed by atoms with van der Waals surface area (Å²) < 4.78 is 5.11. The first-order valence-corrected chi connectivity index (χ1v) is 7.12. The second-order valence-electron chi connectivity index (χ2n) is 4.68. The molecule has 0 fully saturated rings. The first kappa shape index (κ1) is 16.5. The molecule has 1 amide bonds. The van der Waals surface area contributed by atoms with Gasteiger partial charge in [-0.05, 0) is 32.1 Å². The van der Waals surface area contributed by atoms with Crippen LogP contribution in [-0.4, -0.2) is 50.8 Å². The van der Waals surface area contributed by atoms with Crippen molar-refractivity contribution in [3.63, 3.8) is 0 Å². The predicted octanol–water partition coefficient (Wildman–Crippen LogP) is 1.71. The minimum atomic E-state index is -0.416. The number of hydrogen-bond acceptors (Lipinski definition) is 4. The fraction of sp³-hybridized carbons (Fsp3) is 0.533. The fourth-order valence-corrected chi connectivity index (χ4v) is 1.77. The Morgan fingerprint density at radius 3 is 2.60 bits per heavy atom. The van der Waals surface area contributed by atoms with Gasteiger partial charge in [0.1, 0.15) is 5.75 Å². The molecule has 0 spiro atoms. The zero-order chi connectivity index (χ0) is 14.6. The molecule has 0 saturated carbocycles. The summed E-state index contributed by atoms with van der Waals surface area (Å²) in [5, 5.41) is 5.99. The van der Waals surface area contributed by atoms with Crippen molar-refractivity contribution < 1.29 is 9.53 Å². The molecule has 0 radical (unpaired) electrons. The molecular formula is C15H25N3O2. The summed E-state index contributed by atoms with van der Waals surface area (Å²) in [6.07, 6.45) is 0.754. The summed E-state index contributed by atoms with van der Waals surface area (Å²) in [5.41, 5.74) is 0. The molecule has 20 heavy (non-hydrogen) atoms. The second kappa shape index (κ2) is 10.2. The summed E-state index contributed by atoms with van der Waals surface area (Å²) in [6.45, 7) is 6.52. The van der Waals surface area contributed by atoms with E-state index in [2.05, 4.69) is 29.5 Å².